The van der Waals surface area contributed by atoms with E-state index in [4.69, 9.17) is 0 Å². The number of hydrogen-bond donors (Lipinski definition) is 0. The largest absolute Gasteiger partial charge is 0.346 e. The van der Waals surface area contributed by atoms with E-state index >= 15 is 0 Å². The zero-order valence-electron chi connectivity index (χ0n) is 16.0. The molecular weight excluding hydrogens is 314 g/mol. The van der Waals surface area contributed by atoms with Crippen LogP contribution in [0.1, 0.15) is 67.3 Å². The molecule has 0 N–H and O–H groups in total. The average Bonchev–Trinajstić information content (AvgIpc) is 3.22. The molecule has 0 radical (unpaired) electrons. The van der Waals surface area contributed by atoms with Crippen molar-refractivity contribution in [1.82, 2.24) is 14.4 Å². The number of carbonyl (C=O) groups is 2. The molecule has 3 rings (SSSR count). The molecule has 25 heavy (non-hydrogen) atoms. The summed E-state index contributed by atoms with van der Waals surface area (Å²) in [5.41, 5.74) is 2.98. The molecule has 1 saturated carbocycles. The molecule has 0 aromatic carbocycles. The number of hydrogen-bond acceptors (Lipinski definition) is 2. The molecule has 0 bridgehead atoms. The number of nitrogens with zero attached hydrogens (tertiary/aromatic N) is 3. The maximum atomic E-state index is 13.0. The molecule has 1 aliphatic carbocycles. The highest BCUT2D eigenvalue weighted by Gasteiger charge is 2.31. The van der Waals surface area contributed by atoms with Gasteiger partial charge in [-0.25, -0.2) is 0 Å². The first kappa shape index (κ1) is 18.0. The van der Waals surface area contributed by atoms with Crippen LogP contribution in [-0.2, 0) is 4.79 Å². The van der Waals surface area contributed by atoms with Crippen LogP contribution in [0.25, 0.3) is 0 Å². The number of aryl methyl sites for hydroxylation is 1. The van der Waals surface area contributed by atoms with Gasteiger partial charge in [-0.3, -0.25) is 9.59 Å². The Hall–Kier alpha value is -1.78. The minimum absolute atomic E-state index is 0.105. The minimum Gasteiger partial charge on any atom is -0.346 e. The molecule has 5 nitrogen and oxygen atoms in total. The summed E-state index contributed by atoms with van der Waals surface area (Å²) < 4.78 is 2.22. The summed E-state index contributed by atoms with van der Waals surface area (Å²) in [6.45, 7) is 11.0. The van der Waals surface area contributed by atoms with E-state index in [-0.39, 0.29) is 11.8 Å². The van der Waals surface area contributed by atoms with Crippen LogP contribution in [0.4, 0.5) is 0 Å². The van der Waals surface area contributed by atoms with Crippen molar-refractivity contribution < 1.29 is 9.59 Å². The fourth-order valence-electron chi connectivity index (χ4n) is 4.52. The molecular formula is C20H31N3O2. The number of piperazine rings is 1. The van der Waals surface area contributed by atoms with Crippen molar-refractivity contribution in [2.75, 3.05) is 26.2 Å². The molecule has 1 aromatic heterocycles. The van der Waals surface area contributed by atoms with Gasteiger partial charge in [0.15, 0.2) is 0 Å². The second-order valence-electron chi connectivity index (χ2n) is 7.85. The summed E-state index contributed by atoms with van der Waals surface area (Å²) in [4.78, 5) is 29.4. The predicted octanol–water partition coefficient (Wildman–Crippen LogP) is 3.16. The normalized spacial score (nSPS) is 19.1. The van der Waals surface area contributed by atoms with Gasteiger partial charge in [-0.05, 0) is 46.6 Å². The van der Waals surface area contributed by atoms with Crippen LogP contribution in [0.3, 0.4) is 0 Å². The summed E-state index contributed by atoms with van der Waals surface area (Å²) in [7, 11) is 0. The van der Waals surface area contributed by atoms with Gasteiger partial charge in [0.05, 0.1) is 5.56 Å². The van der Waals surface area contributed by atoms with E-state index in [1.54, 1.807) is 0 Å². The highest BCUT2D eigenvalue weighted by Crippen LogP contribution is 2.27. The minimum atomic E-state index is 0.105. The van der Waals surface area contributed by atoms with E-state index in [9.17, 15) is 9.59 Å². The third-order valence-electron chi connectivity index (χ3n) is 5.81. The number of aromatic nitrogens is 1. The van der Waals surface area contributed by atoms with Gasteiger partial charge in [-0.15, -0.1) is 0 Å². The SMILES string of the molecule is Cc1cc(C(=O)N2CCN(C(=O)C3CCCC3)CC2)c(C)n1C(C)C. The lowest BCUT2D eigenvalue weighted by molar-refractivity contribution is -0.136. The van der Waals surface area contributed by atoms with Crippen LogP contribution in [0.15, 0.2) is 6.07 Å². The molecule has 138 valence electrons. The molecule has 2 heterocycles. The molecule has 0 unspecified atom stereocenters. The van der Waals surface area contributed by atoms with E-state index in [1.807, 2.05) is 22.8 Å². The zero-order valence-corrected chi connectivity index (χ0v) is 16.0. The standard InChI is InChI=1S/C20H31N3O2/c1-14(2)23-15(3)13-18(16(23)4)20(25)22-11-9-21(10-12-22)19(24)17-7-5-6-8-17/h13-14,17H,5-12H2,1-4H3. The molecule has 1 saturated heterocycles. The van der Waals surface area contributed by atoms with Gasteiger partial charge in [0, 0.05) is 49.5 Å². The van der Waals surface area contributed by atoms with E-state index in [2.05, 4.69) is 25.3 Å². The Kier molecular flexibility index (Phi) is 5.21. The first-order valence-corrected chi connectivity index (χ1v) is 9.66. The molecule has 0 atom stereocenters. The predicted molar refractivity (Wildman–Crippen MR) is 98.7 cm³/mol. The molecule has 2 fully saturated rings. The van der Waals surface area contributed by atoms with E-state index < -0.39 is 0 Å². The van der Waals surface area contributed by atoms with Crippen molar-refractivity contribution in [3.05, 3.63) is 23.0 Å². The monoisotopic (exact) mass is 345 g/mol. The van der Waals surface area contributed by atoms with Crippen LogP contribution in [0, 0.1) is 19.8 Å². The summed E-state index contributed by atoms with van der Waals surface area (Å²) >= 11 is 0. The van der Waals surface area contributed by atoms with Gasteiger partial charge in [-0.1, -0.05) is 12.8 Å². The lowest BCUT2D eigenvalue weighted by atomic mass is 10.1. The molecule has 2 amide bonds. The summed E-state index contributed by atoms with van der Waals surface area (Å²) in [6, 6.07) is 2.36. The van der Waals surface area contributed by atoms with E-state index in [1.165, 1.54) is 12.8 Å². The summed E-state index contributed by atoms with van der Waals surface area (Å²) in [6.07, 6.45) is 4.44. The van der Waals surface area contributed by atoms with E-state index in [0.717, 1.165) is 29.8 Å². The Morgan fingerprint density at radius 1 is 1.00 bits per heavy atom. The Labute approximate surface area is 151 Å². The topological polar surface area (TPSA) is 45.6 Å². The van der Waals surface area contributed by atoms with Crippen molar-refractivity contribution in [3.63, 3.8) is 0 Å². The molecule has 0 spiro atoms. The fourth-order valence-corrected chi connectivity index (χ4v) is 4.52. The van der Waals surface area contributed by atoms with Gasteiger partial charge in [0.25, 0.3) is 5.91 Å². The third-order valence-corrected chi connectivity index (χ3v) is 5.81. The lowest BCUT2D eigenvalue weighted by Gasteiger charge is -2.36. The van der Waals surface area contributed by atoms with Crippen molar-refractivity contribution in [2.24, 2.45) is 5.92 Å². The third kappa shape index (κ3) is 3.46. The average molecular weight is 345 g/mol. The smallest absolute Gasteiger partial charge is 0.255 e. The number of amides is 2. The Morgan fingerprint density at radius 3 is 2.08 bits per heavy atom. The molecule has 1 aliphatic heterocycles. The van der Waals surface area contributed by atoms with Gasteiger partial charge in [-0.2, -0.15) is 0 Å². The van der Waals surface area contributed by atoms with Crippen LogP contribution in [0.5, 0.6) is 0 Å². The highest BCUT2D eigenvalue weighted by molar-refractivity contribution is 5.96. The van der Waals surface area contributed by atoms with E-state index in [0.29, 0.717) is 38.1 Å². The molecule has 2 aliphatic rings. The molecule has 1 aromatic rings. The Balaban J connectivity index is 1.64. The first-order chi connectivity index (χ1) is 11.9. The van der Waals surface area contributed by atoms with Gasteiger partial charge in [0.2, 0.25) is 5.91 Å². The van der Waals surface area contributed by atoms with Crippen LogP contribution >= 0.6 is 0 Å². The summed E-state index contributed by atoms with van der Waals surface area (Å²) in [5.74, 6) is 0.641. The quantitative estimate of drug-likeness (QED) is 0.845. The second-order valence-corrected chi connectivity index (χ2v) is 7.85. The van der Waals surface area contributed by atoms with Crippen molar-refractivity contribution >= 4 is 11.8 Å². The maximum absolute atomic E-state index is 13.0. The van der Waals surface area contributed by atoms with Gasteiger partial charge < -0.3 is 14.4 Å². The Bertz CT molecular complexity index is 648. The second kappa shape index (κ2) is 7.22. The lowest BCUT2D eigenvalue weighted by Crippen LogP contribution is -2.51. The maximum Gasteiger partial charge on any atom is 0.255 e. The summed E-state index contributed by atoms with van der Waals surface area (Å²) in [5, 5.41) is 0. The highest BCUT2D eigenvalue weighted by atomic mass is 16.2. The molecule has 5 heteroatoms. The van der Waals surface area contributed by atoms with Crippen molar-refractivity contribution in [1.29, 1.82) is 0 Å². The van der Waals surface area contributed by atoms with Gasteiger partial charge >= 0.3 is 0 Å². The van der Waals surface area contributed by atoms with Crippen molar-refractivity contribution in [3.8, 4) is 0 Å². The van der Waals surface area contributed by atoms with Crippen LogP contribution < -0.4 is 0 Å². The Morgan fingerprint density at radius 2 is 1.56 bits per heavy atom. The van der Waals surface area contributed by atoms with Crippen LogP contribution in [0.2, 0.25) is 0 Å². The zero-order chi connectivity index (χ0) is 18.1. The van der Waals surface area contributed by atoms with Crippen LogP contribution in [-0.4, -0.2) is 52.4 Å². The fraction of sp³-hybridized carbons (Fsp3) is 0.700. The number of carbonyl (C=O) groups excluding carboxylic acids is 2. The number of rotatable bonds is 3. The van der Waals surface area contributed by atoms with Crippen molar-refractivity contribution in [2.45, 2.75) is 59.4 Å². The first-order valence-electron chi connectivity index (χ1n) is 9.66. The van der Waals surface area contributed by atoms with Gasteiger partial charge in [0.1, 0.15) is 0 Å².